The summed E-state index contributed by atoms with van der Waals surface area (Å²) in [7, 11) is 0. The van der Waals surface area contributed by atoms with Gasteiger partial charge in [-0.2, -0.15) is 0 Å². The minimum Gasteiger partial charge on any atom is -0.443 e. The zero-order valence-corrected chi connectivity index (χ0v) is 8.23. The van der Waals surface area contributed by atoms with E-state index < -0.39 is 0 Å². The molecular formula is C11H14N2O. The molecule has 0 spiro atoms. The van der Waals surface area contributed by atoms with Gasteiger partial charge in [0.1, 0.15) is 5.52 Å². The highest BCUT2D eigenvalue weighted by atomic mass is 16.3. The fourth-order valence-corrected chi connectivity index (χ4v) is 1.67. The predicted molar refractivity (Wildman–Crippen MR) is 55.8 cm³/mol. The van der Waals surface area contributed by atoms with Crippen LogP contribution in [0.5, 0.6) is 0 Å². The van der Waals surface area contributed by atoms with Crippen LogP contribution in [0.25, 0.3) is 11.1 Å². The average molecular weight is 190 g/mol. The maximum Gasteiger partial charge on any atom is 0.181 e. The molecular weight excluding hydrogens is 176 g/mol. The molecule has 2 aromatic rings. The van der Waals surface area contributed by atoms with Crippen molar-refractivity contribution in [3.8, 4) is 0 Å². The van der Waals surface area contributed by atoms with Gasteiger partial charge >= 0.3 is 0 Å². The maximum absolute atomic E-state index is 6.05. The minimum absolute atomic E-state index is 0.0637. The number of nitrogens with zero attached hydrogens (tertiary/aromatic N) is 1. The van der Waals surface area contributed by atoms with E-state index in [4.69, 9.17) is 10.2 Å². The van der Waals surface area contributed by atoms with Crippen LogP contribution in [0.1, 0.15) is 31.4 Å². The molecule has 1 aromatic carbocycles. The Morgan fingerprint density at radius 3 is 3.14 bits per heavy atom. The number of fused-ring (bicyclic) bond motifs is 1. The van der Waals surface area contributed by atoms with Crippen molar-refractivity contribution < 1.29 is 4.42 Å². The lowest BCUT2D eigenvalue weighted by Crippen LogP contribution is -2.10. The highest BCUT2D eigenvalue weighted by Gasteiger charge is 2.10. The van der Waals surface area contributed by atoms with Gasteiger partial charge in [-0.3, -0.25) is 0 Å². The topological polar surface area (TPSA) is 52.0 Å². The molecule has 0 fully saturated rings. The molecule has 0 aliphatic carbocycles. The highest BCUT2D eigenvalue weighted by Crippen LogP contribution is 2.24. The Morgan fingerprint density at radius 2 is 2.36 bits per heavy atom. The Kier molecular flexibility index (Phi) is 2.50. The molecule has 3 nitrogen and oxygen atoms in total. The van der Waals surface area contributed by atoms with Gasteiger partial charge in [0.25, 0.3) is 0 Å². The van der Waals surface area contributed by atoms with Gasteiger partial charge in [0, 0.05) is 6.04 Å². The van der Waals surface area contributed by atoms with Crippen LogP contribution in [0, 0.1) is 0 Å². The van der Waals surface area contributed by atoms with E-state index in [1.807, 2.05) is 18.2 Å². The van der Waals surface area contributed by atoms with Gasteiger partial charge in [-0.05, 0) is 18.1 Å². The molecule has 14 heavy (non-hydrogen) atoms. The zero-order valence-electron chi connectivity index (χ0n) is 8.23. The van der Waals surface area contributed by atoms with E-state index in [1.54, 1.807) is 0 Å². The largest absolute Gasteiger partial charge is 0.443 e. The third-order valence-corrected chi connectivity index (χ3v) is 2.39. The summed E-state index contributed by atoms with van der Waals surface area (Å²) in [4.78, 5) is 4.18. The Morgan fingerprint density at radius 1 is 1.50 bits per heavy atom. The molecule has 0 radical (unpaired) electrons. The minimum atomic E-state index is 0.0637. The molecule has 1 unspecified atom stereocenters. The van der Waals surface area contributed by atoms with Crippen LogP contribution >= 0.6 is 0 Å². The molecule has 3 heteroatoms. The van der Waals surface area contributed by atoms with Crippen molar-refractivity contribution in [1.29, 1.82) is 0 Å². The number of aromatic nitrogens is 1. The monoisotopic (exact) mass is 190 g/mol. The van der Waals surface area contributed by atoms with E-state index in [9.17, 15) is 0 Å². The lowest BCUT2D eigenvalue weighted by molar-refractivity contribution is 0.602. The fourth-order valence-electron chi connectivity index (χ4n) is 1.67. The molecule has 0 aliphatic heterocycles. The van der Waals surface area contributed by atoms with Gasteiger partial charge in [-0.15, -0.1) is 0 Å². The van der Waals surface area contributed by atoms with Gasteiger partial charge in [0.05, 0.1) is 0 Å². The first-order valence-corrected chi connectivity index (χ1v) is 4.90. The number of hydrogen-bond acceptors (Lipinski definition) is 3. The molecule has 1 heterocycles. The number of oxazole rings is 1. The second-order valence-corrected chi connectivity index (χ2v) is 3.44. The molecule has 2 N–H and O–H groups in total. The van der Waals surface area contributed by atoms with E-state index in [2.05, 4.69) is 11.9 Å². The summed E-state index contributed by atoms with van der Waals surface area (Å²) in [5.74, 6) is 0. The molecule has 0 saturated carbocycles. The first-order valence-electron chi connectivity index (χ1n) is 4.90. The molecule has 1 aromatic heterocycles. The van der Waals surface area contributed by atoms with Crippen molar-refractivity contribution in [2.75, 3.05) is 0 Å². The molecule has 0 saturated heterocycles. The van der Waals surface area contributed by atoms with E-state index in [0.717, 1.165) is 29.5 Å². The van der Waals surface area contributed by atoms with Crippen molar-refractivity contribution in [2.24, 2.45) is 5.73 Å². The average Bonchev–Trinajstić information content (AvgIpc) is 2.65. The fraction of sp³-hybridized carbons (Fsp3) is 0.364. The van der Waals surface area contributed by atoms with Crippen molar-refractivity contribution in [1.82, 2.24) is 4.98 Å². The van der Waals surface area contributed by atoms with Crippen LogP contribution in [0.4, 0.5) is 0 Å². The van der Waals surface area contributed by atoms with Crippen LogP contribution in [0.15, 0.2) is 29.0 Å². The Labute approximate surface area is 82.9 Å². The summed E-state index contributed by atoms with van der Waals surface area (Å²) in [6.07, 6.45) is 3.52. The summed E-state index contributed by atoms with van der Waals surface area (Å²) in [5.41, 5.74) is 8.84. The number of benzene rings is 1. The second kappa shape index (κ2) is 3.80. The van der Waals surface area contributed by atoms with E-state index in [0.29, 0.717) is 0 Å². The van der Waals surface area contributed by atoms with Crippen molar-refractivity contribution in [3.05, 3.63) is 30.2 Å². The Bertz CT molecular complexity index is 422. The van der Waals surface area contributed by atoms with Crippen LogP contribution in [0.2, 0.25) is 0 Å². The lowest BCUT2D eigenvalue weighted by Gasteiger charge is -2.10. The standard InChI is InChI=1S/C11H14N2O/c1-2-4-9(12)8-5-3-6-10-11(8)13-7-14-10/h3,5-7,9H,2,4,12H2,1H3. The summed E-state index contributed by atoms with van der Waals surface area (Å²) in [5, 5.41) is 0. The van der Waals surface area contributed by atoms with Gasteiger partial charge in [0.15, 0.2) is 12.0 Å². The van der Waals surface area contributed by atoms with E-state index in [1.165, 1.54) is 6.39 Å². The summed E-state index contributed by atoms with van der Waals surface area (Å²) < 4.78 is 5.22. The lowest BCUT2D eigenvalue weighted by atomic mass is 10.0. The number of para-hydroxylation sites is 1. The van der Waals surface area contributed by atoms with Gasteiger partial charge in [-0.1, -0.05) is 25.5 Å². The molecule has 0 aliphatic rings. The SMILES string of the molecule is CCCC(N)c1cccc2ocnc12. The van der Waals surface area contributed by atoms with Crippen LogP contribution in [-0.4, -0.2) is 4.98 Å². The third kappa shape index (κ3) is 1.51. The first kappa shape index (κ1) is 9.21. The molecule has 0 bridgehead atoms. The van der Waals surface area contributed by atoms with Gasteiger partial charge < -0.3 is 10.2 Å². The summed E-state index contributed by atoms with van der Waals surface area (Å²) in [6.45, 7) is 2.13. The molecule has 0 amide bonds. The maximum atomic E-state index is 6.05. The van der Waals surface area contributed by atoms with E-state index in [-0.39, 0.29) is 6.04 Å². The van der Waals surface area contributed by atoms with Crippen LogP contribution < -0.4 is 5.73 Å². The Hall–Kier alpha value is -1.35. The number of hydrogen-bond donors (Lipinski definition) is 1. The van der Waals surface area contributed by atoms with Crippen LogP contribution in [0.3, 0.4) is 0 Å². The summed E-state index contributed by atoms with van der Waals surface area (Å²) in [6, 6.07) is 5.95. The predicted octanol–water partition coefficient (Wildman–Crippen LogP) is 2.63. The van der Waals surface area contributed by atoms with Gasteiger partial charge in [0.2, 0.25) is 0 Å². The third-order valence-electron chi connectivity index (χ3n) is 2.39. The molecule has 74 valence electrons. The zero-order chi connectivity index (χ0) is 9.97. The number of rotatable bonds is 3. The van der Waals surface area contributed by atoms with Crippen molar-refractivity contribution >= 4 is 11.1 Å². The number of nitrogens with two attached hydrogens (primary N) is 1. The van der Waals surface area contributed by atoms with Crippen molar-refractivity contribution in [3.63, 3.8) is 0 Å². The second-order valence-electron chi connectivity index (χ2n) is 3.44. The highest BCUT2D eigenvalue weighted by molar-refractivity contribution is 5.76. The van der Waals surface area contributed by atoms with Gasteiger partial charge in [-0.25, -0.2) is 4.98 Å². The molecule has 2 rings (SSSR count). The smallest absolute Gasteiger partial charge is 0.181 e. The Balaban J connectivity index is 2.45. The van der Waals surface area contributed by atoms with Crippen molar-refractivity contribution in [2.45, 2.75) is 25.8 Å². The van der Waals surface area contributed by atoms with Crippen LogP contribution in [-0.2, 0) is 0 Å². The van der Waals surface area contributed by atoms with E-state index >= 15 is 0 Å². The molecule has 1 atom stereocenters. The summed E-state index contributed by atoms with van der Waals surface area (Å²) >= 11 is 0. The normalized spacial score (nSPS) is 13.3. The first-order chi connectivity index (χ1) is 6.83. The quantitative estimate of drug-likeness (QED) is 0.809.